The maximum Gasteiger partial charge on any atom is 0.281 e. The fourth-order valence-corrected chi connectivity index (χ4v) is 1.86. The van der Waals surface area contributed by atoms with Crippen molar-refractivity contribution in [2.45, 2.75) is 6.43 Å². The molecule has 0 unspecified atom stereocenters. The van der Waals surface area contributed by atoms with Crippen LogP contribution in [0.15, 0.2) is 6.07 Å². The van der Waals surface area contributed by atoms with Gasteiger partial charge in [0.2, 0.25) is 0 Å². The number of aromatic nitrogens is 1. The van der Waals surface area contributed by atoms with Crippen molar-refractivity contribution in [1.29, 1.82) is 5.26 Å². The molecule has 0 aromatic carbocycles. The molecule has 0 aliphatic heterocycles. The lowest BCUT2D eigenvalue weighted by Gasteiger charge is -2.04. The fraction of sp³-hybridized carbons (Fsp3) is 0.125. The Kier molecular flexibility index (Phi) is 3.93. The highest BCUT2D eigenvalue weighted by Gasteiger charge is 2.19. The van der Waals surface area contributed by atoms with Crippen LogP contribution in [0.4, 0.5) is 8.78 Å². The van der Waals surface area contributed by atoms with Crippen LogP contribution in [0.25, 0.3) is 0 Å². The third-order valence-electron chi connectivity index (χ3n) is 1.54. The molecular formula is C8H2ClF2IN2O. The van der Waals surface area contributed by atoms with E-state index in [0.717, 1.165) is 6.07 Å². The Labute approximate surface area is 102 Å². The highest BCUT2D eigenvalue weighted by Crippen LogP contribution is 2.24. The topological polar surface area (TPSA) is 53.8 Å². The van der Waals surface area contributed by atoms with Crippen molar-refractivity contribution >= 4 is 39.4 Å². The van der Waals surface area contributed by atoms with Gasteiger partial charge in [0.15, 0.2) is 0 Å². The number of rotatable bonds is 2. The minimum absolute atomic E-state index is 0.0433. The Morgan fingerprint density at radius 1 is 1.67 bits per heavy atom. The molecule has 0 fully saturated rings. The lowest BCUT2D eigenvalue weighted by molar-refractivity contribution is 0.107. The van der Waals surface area contributed by atoms with E-state index in [1.807, 2.05) is 0 Å². The smallest absolute Gasteiger partial charge is 0.276 e. The first-order valence-electron chi connectivity index (χ1n) is 3.56. The normalized spacial score (nSPS) is 10.1. The monoisotopic (exact) mass is 342 g/mol. The second kappa shape index (κ2) is 4.81. The molecule has 0 radical (unpaired) electrons. The average Bonchev–Trinajstić information content (AvgIpc) is 2.16. The summed E-state index contributed by atoms with van der Waals surface area (Å²) in [7, 11) is 0. The molecule has 3 nitrogen and oxygen atoms in total. The van der Waals surface area contributed by atoms with Gasteiger partial charge in [-0.05, 0) is 40.3 Å². The van der Waals surface area contributed by atoms with Crippen LogP contribution in [0.2, 0.25) is 0 Å². The molecular weight excluding hydrogens is 340 g/mol. The lowest BCUT2D eigenvalue weighted by atomic mass is 10.1. The van der Waals surface area contributed by atoms with E-state index in [9.17, 15) is 13.6 Å². The van der Waals surface area contributed by atoms with Gasteiger partial charge in [-0.15, -0.1) is 0 Å². The van der Waals surface area contributed by atoms with Gasteiger partial charge in [-0.25, -0.2) is 13.8 Å². The van der Waals surface area contributed by atoms with Gasteiger partial charge in [-0.2, -0.15) is 5.26 Å². The van der Waals surface area contributed by atoms with E-state index in [-0.39, 0.29) is 14.8 Å². The largest absolute Gasteiger partial charge is 0.281 e. The molecule has 0 saturated carbocycles. The second-order valence-electron chi connectivity index (χ2n) is 2.45. The standard InChI is InChI=1S/C8H2ClF2IN2O/c9-6(15)4-1-3(2-13)5(7(10)11)14-8(4)12/h1,7H. The molecule has 0 amide bonds. The molecule has 1 aromatic rings. The Hall–Kier alpha value is -0.810. The maximum absolute atomic E-state index is 12.4. The van der Waals surface area contributed by atoms with Crippen molar-refractivity contribution in [1.82, 2.24) is 4.98 Å². The third-order valence-corrected chi connectivity index (χ3v) is 2.57. The third kappa shape index (κ3) is 2.60. The predicted octanol–water partition coefficient (Wildman–Crippen LogP) is 2.87. The number of carbonyl (C=O) groups is 1. The predicted molar refractivity (Wildman–Crippen MR) is 56.8 cm³/mol. The van der Waals surface area contributed by atoms with Crippen LogP contribution in [0.5, 0.6) is 0 Å². The molecule has 0 aliphatic carbocycles. The summed E-state index contributed by atoms with van der Waals surface area (Å²) in [5.74, 6) is 0. The molecule has 1 rings (SSSR count). The summed E-state index contributed by atoms with van der Waals surface area (Å²) < 4.78 is 24.8. The first-order valence-corrected chi connectivity index (χ1v) is 5.01. The average molecular weight is 342 g/mol. The minimum Gasteiger partial charge on any atom is -0.276 e. The molecule has 0 atom stereocenters. The van der Waals surface area contributed by atoms with E-state index >= 15 is 0 Å². The van der Waals surface area contributed by atoms with Crippen LogP contribution in [0.1, 0.15) is 28.0 Å². The van der Waals surface area contributed by atoms with E-state index in [1.165, 1.54) is 0 Å². The molecule has 7 heteroatoms. The van der Waals surface area contributed by atoms with Gasteiger partial charge in [-0.1, -0.05) is 0 Å². The van der Waals surface area contributed by atoms with Crippen molar-refractivity contribution in [2.75, 3.05) is 0 Å². The number of pyridine rings is 1. The number of carbonyl (C=O) groups excluding carboxylic acids is 1. The Balaban J connectivity index is 3.44. The van der Waals surface area contributed by atoms with E-state index in [0.29, 0.717) is 0 Å². The quantitative estimate of drug-likeness (QED) is 0.472. The van der Waals surface area contributed by atoms with Crippen LogP contribution in [0.3, 0.4) is 0 Å². The van der Waals surface area contributed by atoms with Gasteiger partial charge >= 0.3 is 0 Å². The van der Waals surface area contributed by atoms with E-state index in [2.05, 4.69) is 4.98 Å². The summed E-state index contributed by atoms with van der Waals surface area (Å²) in [5, 5.41) is 7.75. The molecule has 0 saturated heterocycles. The minimum atomic E-state index is -2.85. The van der Waals surface area contributed by atoms with Crippen LogP contribution >= 0.6 is 34.2 Å². The van der Waals surface area contributed by atoms with Crippen molar-refractivity contribution < 1.29 is 13.6 Å². The summed E-state index contributed by atoms with van der Waals surface area (Å²) in [6, 6.07) is 2.56. The number of hydrogen-bond acceptors (Lipinski definition) is 3. The first-order chi connectivity index (χ1) is 6.97. The van der Waals surface area contributed by atoms with E-state index in [4.69, 9.17) is 16.9 Å². The zero-order valence-electron chi connectivity index (χ0n) is 6.97. The zero-order valence-corrected chi connectivity index (χ0v) is 9.88. The zero-order chi connectivity index (χ0) is 11.6. The lowest BCUT2D eigenvalue weighted by Crippen LogP contribution is -2.04. The van der Waals surface area contributed by atoms with Gasteiger partial charge in [-0.3, -0.25) is 4.79 Å². The Morgan fingerprint density at radius 2 is 2.27 bits per heavy atom. The molecule has 15 heavy (non-hydrogen) atoms. The summed E-state index contributed by atoms with van der Waals surface area (Å²) in [6.45, 7) is 0. The van der Waals surface area contributed by atoms with Crippen LogP contribution in [-0.4, -0.2) is 10.2 Å². The molecule has 0 spiro atoms. The van der Waals surface area contributed by atoms with Crippen LogP contribution in [-0.2, 0) is 0 Å². The number of halogens is 4. The van der Waals surface area contributed by atoms with Gasteiger partial charge in [0.05, 0.1) is 11.1 Å². The molecule has 1 aromatic heterocycles. The molecule has 78 valence electrons. The number of alkyl halides is 2. The molecule has 1 heterocycles. The van der Waals surface area contributed by atoms with Crippen molar-refractivity contribution in [2.24, 2.45) is 0 Å². The van der Waals surface area contributed by atoms with E-state index < -0.39 is 17.4 Å². The van der Waals surface area contributed by atoms with E-state index in [1.54, 1.807) is 28.7 Å². The Morgan fingerprint density at radius 3 is 2.67 bits per heavy atom. The van der Waals surface area contributed by atoms with Crippen molar-refractivity contribution in [3.8, 4) is 6.07 Å². The van der Waals surface area contributed by atoms with Crippen LogP contribution < -0.4 is 0 Å². The summed E-state index contributed by atoms with van der Waals surface area (Å²) in [6.07, 6.45) is -2.85. The van der Waals surface area contributed by atoms with Gasteiger partial charge in [0, 0.05) is 0 Å². The van der Waals surface area contributed by atoms with Crippen molar-refractivity contribution in [3.05, 3.63) is 26.6 Å². The SMILES string of the molecule is N#Cc1cc(C(=O)Cl)c(I)nc1C(F)F. The second-order valence-corrected chi connectivity index (χ2v) is 3.81. The summed E-state index contributed by atoms with van der Waals surface area (Å²) in [4.78, 5) is 14.3. The first kappa shape index (κ1) is 12.3. The fourth-order valence-electron chi connectivity index (χ4n) is 0.898. The van der Waals surface area contributed by atoms with Gasteiger partial charge < -0.3 is 0 Å². The summed E-state index contributed by atoms with van der Waals surface area (Å²) in [5.41, 5.74) is -1.02. The maximum atomic E-state index is 12.4. The van der Waals surface area contributed by atoms with Gasteiger partial charge in [0.1, 0.15) is 15.5 Å². The number of nitrogens with zero attached hydrogens (tertiary/aromatic N) is 2. The van der Waals surface area contributed by atoms with Gasteiger partial charge in [0.25, 0.3) is 11.7 Å². The summed E-state index contributed by atoms with van der Waals surface area (Å²) >= 11 is 6.80. The molecule has 0 aliphatic rings. The number of nitriles is 1. The van der Waals surface area contributed by atoms with Crippen LogP contribution in [0, 0.1) is 15.0 Å². The highest BCUT2D eigenvalue weighted by molar-refractivity contribution is 14.1. The highest BCUT2D eigenvalue weighted by atomic mass is 127. The van der Waals surface area contributed by atoms with Crippen molar-refractivity contribution in [3.63, 3.8) is 0 Å². The number of hydrogen-bond donors (Lipinski definition) is 0. The molecule has 0 bridgehead atoms. The Bertz CT molecular complexity index is 459. The molecule has 0 N–H and O–H groups in total.